The minimum Gasteiger partial charge on any atom is -0.466 e. The molecule has 0 saturated heterocycles. The van der Waals surface area contributed by atoms with Gasteiger partial charge in [0.2, 0.25) is 0 Å². The van der Waals surface area contributed by atoms with Crippen LogP contribution in [0.3, 0.4) is 0 Å². The summed E-state index contributed by atoms with van der Waals surface area (Å²) in [5.41, 5.74) is 0.597. The number of benzene rings is 3. The van der Waals surface area contributed by atoms with Crippen LogP contribution < -0.4 is 4.74 Å². The summed E-state index contributed by atoms with van der Waals surface area (Å²) in [6.45, 7) is 4.02. The first-order valence-corrected chi connectivity index (χ1v) is 10.3. The third kappa shape index (κ3) is 3.32. The van der Waals surface area contributed by atoms with E-state index in [0.717, 1.165) is 0 Å². The fraction of sp³-hybridized carbons (Fsp3) is 0.120. The maximum atomic E-state index is 13.7. The lowest BCUT2D eigenvalue weighted by Crippen LogP contribution is -2.43. The van der Waals surface area contributed by atoms with Crippen molar-refractivity contribution in [3.8, 4) is 5.75 Å². The molecular weight excluding hydrogens is 435 g/mol. The predicted molar refractivity (Wildman–Crippen MR) is 120 cm³/mol. The number of halogens is 2. The Morgan fingerprint density at radius 2 is 1.68 bits per heavy atom. The van der Waals surface area contributed by atoms with E-state index in [2.05, 4.69) is 6.58 Å². The van der Waals surface area contributed by atoms with Crippen LogP contribution in [0.1, 0.15) is 22.6 Å². The summed E-state index contributed by atoms with van der Waals surface area (Å²) >= 11 is 12.5. The maximum absolute atomic E-state index is 13.7. The van der Waals surface area contributed by atoms with E-state index in [1.54, 1.807) is 30.3 Å². The molecule has 0 N–H and O–H groups in total. The first-order valence-electron chi connectivity index (χ1n) is 9.50. The van der Waals surface area contributed by atoms with Crippen LogP contribution in [-0.4, -0.2) is 19.0 Å². The molecule has 4 rings (SSSR count). The Hall–Kier alpha value is -3.08. The van der Waals surface area contributed by atoms with Gasteiger partial charge < -0.3 is 9.47 Å². The summed E-state index contributed by atoms with van der Waals surface area (Å²) in [6.07, 6.45) is 0. The molecule has 0 saturated carbocycles. The van der Waals surface area contributed by atoms with Crippen molar-refractivity contribution in [2.24, 2.45) is 0 Å². The van der Waals surface area contributed by atoms with E-state index in [1.165, 1.54) is 7.11 Å². The molecule has 0 aliphatic carbocycles. The highest BCUT2D eigenvalue weighted by Crippen LogP contribution is 2.55. The number of methoxy groups -OCH3 is 1. The first-order chi connectivity index (χ1) is 14.9. The van der Waals surface area contributed by atoms with Gasteiger partial charge in [0.1, 0.15) is 11.2 Å². The quantitative estimate of drug-likeness (QED) is 0.282. The average Bonchev–Trinajstić information content (AvgIpc) is 3.08. The molecule has 0 aromatic heterocycles. The molecule has 0 radical (unpaired) electrons. The van der Waals surface area contributed by atoms with E-state index in [1.807, 2.05) is 42.5 Å². The van der Waals surface area contributed by atoms with Crippen LogP contribution in [0.5, 0.6) is 5.75 Å². The summed E-state index contributed by atoms with van der Waals surface area (Å²) in [6, 6.07) is 21.3. The van der Waals surface area contributed by atoms with Gasteiger partial charge in [0, 0.05) is 17.1 Å². The number of fused-ring (bicyclic) bond motifs is 1. The highest BCUT2D eigenvalue weighted by Gasteiger charge is 2.57. The zero-order valence-electron chi connectivity index (χ0n) is 16.6. The Kier molecular flexibility index (Phi) is 5.61. The first kappa shape index (κ1) is 21.2. The van der Waals surface area contributed by atoms with Crippen molar-refractivity contribution in [1.29, 1.82) is 0 Å². The van der Waals surface area contributed by atoms with E-state index in [0.29, 0.717) is 32.5 Å². The molecule has 3 aromatic rings. The van der Waals surface area contributed by atoms with Crippen LogP contribution >= 0.6 is 23.2 Å². The largest absolute Gasteiger partial charge is 0.466 e. The molecule has 2 atom stereocenters. The third-order valence-corrected chi connectivity index (χ3v) is 6.31. The third-order valence-electron chi connectivity index (χ3n) is 5.57. The van der Waals surface area contributed by atoms with Gasteiger partial charge in [-0.15, -0.1) is 0 Å². The number of rotatable bonds is 5. The molecule has 1 heterocycles. The van der Waals surface area contributed by atoms with Gasteiger partial charge in [-0.25, -0.2) is 4.79 Å². The normalized spacial score (nSPS) is 18.1. The Labute approximate surface area is 190 Å². The van der Waals surface area contributed by atoms with Crippen LogP contribution in [0.25, 0.3) is 0 Å². The number of ether oxygens (including phenoxy) is 2. The molecule has 31 heavy (non-hydrogen) atoms. The van der Waals surface area contributed by atoms with Gasteiger partial charge in [0.05, 0.1) is 17.2 Å². The van der Waals surface area contributed by atoms with Crippen LogP contribution in [0.15, 0.2) is 84.9 Å². The van der Waals surface area contributed by atoms with Crippen molar-refractivity contribution >= 4 is 35.1 Å². The minimum absolute atomic E-state index is 0.0957. The van der Waals surface area contributed by atoms with Crippen molar-refractivity contribution in [2.45, 2.75) is 11.3 Å². The molecule has 0 unspecified atom stereocenters. The Morgan fingerprint density at radius 1 is 1.00 bits per heavy atom. The molecule has 4 nitrogen and oxygen atoms in total. The second-order valence-electron chi connectivity index (χ2n) is 7.18. The Balaban J connectivity index is 2.09. The number of para-hydroxylation sites is 1. The average molecular weight is 453 g/mol. The molecule has 0 fully saturated rings. The SMILES string of the molecule is C=C(C(=O)OC)[C@@H](c1ccc(Cl)c(Cl)c1)[C@@]1(c2ccccc2)C(=O)Oc2ccccc21. The highest BCUT2D eigenvalue weighted by atomic mass is 35.5. The lowest BCUT2D eigenvalue weighted by Gasteiger charge is -2.36. The second-order valence-corrected chi connectivity index (χ2v) is 8.00. The van der Waals surface area contributed by atoms with Crippen molar-refractivity contribution in [3.63, 3.8) is 0 Å². The summed E-state index contributed by atoms with van der Waals surface area (Å²) in [5.74, 6) is -1.57. The van der Waals surface area contributed by atoms with Gasteiger partial charge in [-0.2, -0.15) is 0 Å². The van der Waals surface area contributed by atoms with Crippen molar-refractivity contribution in [2.75, 3.05) is 7.11 Å². The topological polar surface area (TPSA) is 52.6 Å². The molecule has 0 spiro atoms. The molecule has 0 bridgehead atoms. The molecule has 156 valence electrons. The van der Waals surface area contributed by atoms with Crippen LogP contribution in [-0.2, 0) is 19.7 Å². The number of hydrogen-bond acceptors (Lipinski definition) is 4. The van der Waals surface area contributed by atoms with Crippen LogP contribution in [0.4, 0.5) is 0 Å². The van der Waals surface area contributed by atoms with Crippen molar-refractivity contribution < 1.29 is 19.1 Å². The van der Waals surface area contributed by atoms with E-state index in [-0.39, 0.29) is 5.57 Å². The number of esters is 2. The van der Waals surface area contributed by atoms with E-state index < -0.39 is 23.3 Å². The van der Waals surface area contributed by atoms with Gasteiger partial charge in [-0.3, -0.25) is 4.79 Å². The lowest BCUT2D eigenvalue weighted by atomic mass is 9.62. The molecule has 0 amide bonds. The highest BCUT2D eigenvalue weighted by molar-refractivity contribution is 6.42. The van der Waals surface area contributed by atoms with Gasteiger partial charge in [0.15, 0.2) is 0 Å². The summed E-state index contributed by atoms with van der Waals surface area (Å²) in [4.78, 5) is 26.4. The Morgan fingerprint density at radius 3 is 2.35 bits per heavy atom. The van der Waals surface area contributed by atoms with Crippen LogP contribution in [0.2, 0.25) is 10.0 Å². The second kappa shape index (κ2) is 8.22. The smallest absolute Gasteiger partial charge is 0.333 e. The minimum atomic E-state index is -1.37. The standard InChI is InChI=1S/C25H18Cl2O4/c1-15(23(28)30-2)22(16-12-13-19(26)20(27)14-16)25(17-8-4-3-5-9-17)18-10-6-7-11-21(18)31-24(25)29/h3-14,22H,1H2,2H3/t22-,25-/m0/s1. The summed E-state index contributed by atoms with van der Waals surface area (Å²) < 4.78 is 10.7. The Bertz CT molecular complexity index is 1190. The van der Waals surface area contributed by atoms with Crippen molar-refractivity contribution in [3.05, 3.63) is 112 Å². The van der Waals surface area contributed by atoms with Gasteiger partial charge >= 0.3 is 11.9 Å². The van der Waals surface area contributed by atoms with Gasteiger partial charge in [0.25, 0.3) is 0 Å². The van der Waals surface area contributed by atoms with Gasteiger partial charge in [-0.05, 0) is 29.3 Å². The monoisotopic (exact) mass is 452 g/mol. The molecule has 1 aliphatic rings. The van der Waals surface area contributed by atoms with E-state index in [9.17, 15) is 9.59 Å². The summed E-state index contributed by atoms with van der Waals surface area (Å²) in [5, 5.41) is 0.653. The van der Waals surface area contributed by atoms with E-state index in [4.69, 9.17) is 32.7 Å². The zero-order chi connectivity index (χ0) is 22.2. The number of hydrogen-bond donors (Lipinski definition) is 0. The van der Waals surface area contributed by atoms with Gasteiger partial charge in [-0.1, -0.05) is 84.4 Å². The molecule has 3 aromatic carbocycles. The fourth-order valence-corrected chi connectivity index (χ4v) is 4.55. The fourth-order valence-electron chi connectivity index (χ4n) is 4.24. The predicted octanol–water partition coefficient (Wildman–Crippen LogP) is 5.71. The molecule has 1 aliphatic heterocycles. The zero-order valence-corrected chi connectivity index (χ0v) is 18.1. The number of carbonyl (C=O) groups excluding carboxylic acids is 2. The van der Waals surface area contributed by atoms with Crippen molar-refractivity contribution in [1.82, 2.24) is 0 Å². The molecule has 6 heteroatoms. The lowest BCUT2D eigenvalue weighted by molar-refractivity contribution is -0.138. The molecular formula is C25H18Cl2O4. The van der Waals surface area contributed by atoms with Crippen LogP contribution in [0, 0.1) is 0 Å². The maximum Gasteiger partial charge on any atom is 0.333 e. The van der Waals surface area contributed by atoms with E-state index >= 15 is 0 Å². The summed E-state index contributed by atoms with van der Waals surface area (Å²) in [7, 11) is 1.27. The number of carbonyl (C=O) groups is 2.